The second-order valence-corrected chi connectivity index (χ2v) is 8.32. The molecule has 8 nitrogen and oxygen atoms in total. The van der Waals surface area contributed by atoms with Gasteiger partial charge >= 0.3 is 0 Å². The molecule has 23 heavy (non-hydrogen) atoms. The van der Waals surface area contributed by atoms with Crippen LogP contribution in [0.25, 0.3) is 0 Å². The minimum atomic E-state index is -3.56. The summed E-state index contributed by atoms with van der Waals surface area (Å²) in [6.45, 7) is 2.80. The fourth-order valence-electron chi connectivity index (χ4n) is 2.26. The number of carbonyl (C=O) groups is 1. The Morgan fingerprint density at radius 3 is 2.74 bits per heavy atom. The van der Waals surface area contributed by atoms with Crippen LogP contribution < -0.4 is 5.32 Å². The number of hydrogen-bond acceptors (Lipinski definition) is 5. The normalized spacial score (nSPS) is 16.4. The Balaban J connectivity index is 1.75. The first-order chi connectivity index (χ1) is 11.0. The van der Waals surface area contributed by atoms with Crippen LogP contribution in [0.3, 0.4) is 0 Å². The third-order valence-corrected chi connectivity index (χ3v) is 6.28. The Morgan fingerprint density at radius 1 is 1.35 bits per heavy atom. The van der Waals surface area contributed by atoms with Crippen molar-refractivity contribution in [3.05, 3.63) is 29.7 Å². The molecule has 124 valence electrons. The van der Waals surface area contributed by atoms with Gasteiger partial charge in [0.15, 0.2) is 5.82 Å². The Hall–Kier alpha value is -1.78. The van der Waals surface area contributed by atoms with Gasteiger partial charge in [0.05, 0.1) is 0 Å². The first kappa shape index (κ1) is 16.1. The van der Waals surface area contributed by atoms with E-state index in [4.69, 9.17) is 0 Å². The number of amides is 1. The first-order valence-corrected chi connectivity index (χ1v) is 9.66. The Labute approximate surface area is 138 Å². The van der Waals surface area contributed by atoms with Crippen LogP contribution >= 0.6 is 11.8 Å². The largest absolute Gasteiger partial charge is 0.356 e. The minimum absolute atomic E-state index is 0.104. The van der Waals surface area contributed by atoms with E-state index in [9.17, 15) is 13.2 Å². The van der Waals surface area contributed by atoms with Crippen LogP contribution in [0.1, 0.15) is 16.2 Å². The lowest BCUT2D eigenvalue weighted by Gasteiger charge is -2.24. The van der Waals surface area contributed by atoms with E-state index in [0.717, 1.165) is 17.2 Å². The Kier molecular flexibility index (Phi) is 4.46. The molecule has 0 saturated carbocycles. The molecule has 0 atom stereocenters. The average Bonchev–Trinajstić information content (AvgIpc) is 3.18. The maximum absolute atomic E-state index is 12.5. The van der Waals surface area contributed by atoms with E-state index < -0.39 is 15.9 Å². The SMILES string of the molecule is Cc1cc(NC(=O)c2cc(S(=O)(=O)N3CCSCC3)c[nH]2)n[nH]1. The van der Waals surface area contributed by atoms with Crippen molar-refractivity contribution >= 4 is 33.5 Å². The minimum Gasteiger partial charge on any atom is -0.356 e. The number of carbonyl (C=O) groups excluding carboxylic acids is 1. The van der Waals surface area contributed by atoms with E-state index in [0.29, 0.717) is 18.9 Å². The number of aromatic nitrogens is 3. The molecule has 2 aromatic heterocycles. The van der Waals surface area contributed by atoms with Gasteiger partial charge in [0.1, 0.15) is 10.6 Å². The van der Waals surface area contributed by atoms with Crippen LogP contribution in [0.15, 0.2) is 23.2 Å². The van der Waals surface area contributed by atoms with E-state index in [2.05, 4.69) is 20.5 Å². The number of nitrogens with zero attached hydrogens (tertiary/aromatic N) is 2. The van der Waals surface area contributed by atoms with Crippen LogP contribution in [0.4, 0.5) is 5.82 Å². The number of anilines is 1. The molecule has 0 bridgehead atoms. The molecule has 1 aliphatic heterocycles. The highest BCUT2D eigenvalue weighted by Gasteiger charge is 2.27. The predicted molar refractivity (Wildman–Crippen MR) is 88.2 cm³/mol. The van der Waals surface area contributed by atoms with E-state index in [-0.39, 0.29) is 10.6 Å². The number of thioether (sulfide) groups is 1. The summed E-state index contributed by atoms with van der Waals surface area (Å²) in [7, 11) is -3.56. The van der Waals surface area contributed by atoms with Crippen molar-refractivity contribution in [1.82, 2.24) is 19.5 Å². The highest BCUT2D eigenvalue weighted by Crippen LogP contribution is 2.21. The second-order valence-electron chi connectivity index (χ2n) is 5.16. The average molecular weight is 355 g/mol. The predicted octanol–water partition coefficient (Wildman–Crippen LogP) is 1.04. The summed E-state index contributed by atoms with van der Waals surface area (Å²) in [6, 6.07) is 3.04. The third-order valence-electron chi connectivity index (χ3n) is 3.46. The first-order valence-electron chi connectivity index (χ1n) is 7.06. The van der Waals surface area contributed by atoms with E-state index in [1.165, 1.54) is 16.6 Å². The Morgan fingerprint density at radius 2 is 2.09 bits per heavy atom. The van der Waals surface area contributed by atoms with Crippen molar-refractivity contribution in [2.75, 3.05) is 29.9 Å². The summed E-state index contributed by atoms with van der Waals surface area (Å²) in [5.74, 6) is 1.53. The van der Waals surface area contributed by atoms with Crippen LogP contribution in [-0.2, 0) is 10.0 Å². The fraction of sp³-hybridized carbons (Fsp3) is 0.385. The van der Waals surface area contributed by atoms with Gasteiger partial charge in [0, 0.05) is 42.6 Å². The highest BCUT2D eigenvalue weighted by molar-refractivity contribution is 7.99. The highest BCUT2D eigenvalue weighted by atomic mass is 32.2. The van der Waals surface area contributed by atoms with Crippen LogP contribution in [0.2, 0.25) is 0 Å². The molecule has 0 spiro atoms. The molecule has 1 amide bonds. The lowest BCUT2D eigenvalue weighted by molar-refractivity contribution is 0.102. The quantitative estimate of drug-likeness (QED) is 0.759. The molecule has 3 N–H and O–H groups in total. The summed E-state index contributed by atoms with van der Waals surface area (Å²) < 4.78 is 26.5. The summed E-state index contributed by atoms with van der Waals surface area (Å²) in [5, 5.41) is 9.23. The van der Waals surface area contributed by atoms with Crippen molar-refractivity contribution < 1.29 is 13.2 Å². The summed E-state index contributed by atoms with van der Waals surface area (Å²) >= 11 is 1.74. The molecule has 0 aliphatic carbocycles. The van der Waals surface area contributed by atoms with E-state index >= 15 is 0 Å². The maximum atomic E-state index is 12.5. The number of aromatic amines is 2. The Bertz CT molecular complexity index is 805. The van der Waals surface area contributed by atoms with Crippen LogP contribution in [0, 0.1) is 6.92 Å². The molecule has 3 heterocycles. The zero-order chi connectivity index (χ0) is 16.4. The molecule has 10 heteroatoms. The smallest absolute Gasteiger partial charge is 0.273 e. The van der Waals surface area contributed by atoms with Gasteiger partial charge in [0.2, 0.25) is 10.0 Å². The van der Waals surface area contributed by atoms with Gasteiger partial charge in [-0.15, -0.1) is 0 Å². The zero-order valence-electron chi connectivity index (χ0n) is 12.5. The molecule has 1 fully saturated rings. The van der Waals surface area contributed by atoms with Gasteiger partial charge in [0.25, 0.3) is 5.91 Å². The van der Waals surface area contributed by atoms with Gasteiger partial charge < -0.3 is 10.3 Å². The molecule has 3 rings (SSSR count). The second kappa shape index (κ2) is 6.38. The number of sulfonamides is 1. The number of rotatable bonds is 4. The number of hydrogen-bond donors (Lipinski definition) is 3. The van der Waals surface area contributed by atoms with E-state index in [1.54, 1.807) is 17.8 Å². The van der Waals surface area contributed by atoms with Crippen molar-refractivity contribution in [2.45, 2.75) is 11.8 Å². The summed E-state index contributed by atoms with van der Waals surface area (Å²) in [5.41, 5.74) is 0.994. The molecule has 0 aromatic carbocycles. The van der Waals surface area contributed by atoms with Crippen LogP contribution in [0.5, 0.6) is 0 Å². The zero-order valence-corrected chi connectivity index (χ0v) is 14.1. The van der Waals surface area contributed by atoms with Gasteiger partial charge in [-0.25, -0.2) is 8.42 Å². The van der Waals surface area contributed by atoms with Crippen LogP contribution in [-0.4, -0.2) is 58.4 Å². The third kappa shape index (κ3) is 3.43. The molecular formula is C13H17N5O3S2. The topological polar surface area (TPSA) is 111 Å². The van der Waals surface area contributed by atoms with Gasteiger partial charge in [-0.1, -0.05) is 0 Å². The molecular weight excluding hydrogens is 338 g/mol. The van der Waals surface area contributed by atoms with Gasteiger partial charge in [-0.05, 0) is 13.0 Å². The molecule has 1 aliphatic rings. The molecule has 0 unspecified atom stereocenters. The lowest BCUT2D eigenvalue weighted by atomic mass is 10.4. The molecule has 1 saturated heterocycles. The fourth-order valence-corrected chi connectivity index (χ4v) is 4.83. The van der Waals surface area contributed by atoms with Crippen molar-refractivity contribution in [3.8, 4) is 0 Å². The van der Waals surface area contributed by atoms with Gasteiger partial charge in [-0.3, -0.25) is 9.89 Å². The monoisotopic (exact) mass is 355 g/mol. The van der Waals surface area contributed by atoms with Crippen molar-refractivity contribution in [2.24, 2.45) is 0 Å². The summed E-state index contributed by atoms with van der Waals surface area (Å²) in [4.78, 5) is 15.0. The standard InChI is InChI=1S/C13H17N5O3S2/c1-9-6-12(17-16-9)15-13(19)11-7-10(8-14-11)23(20,21)18-2-4-22-5-3-18/h6-8,14H,2-5H2,1H3,(H2,15,16,17,19). The summed E-state index contributed by atoms with van der Waals surface area (Å²) in [6.07, 6.45) is 1.35. The molecule has 0 radical (unpaired) electrons. The van der Waals surface area contributed by atoms with Crippen molar-refractivity contribution in [1.29, 1.82) is 0 Å². The number of nitrogens with one attached hydrogen (secondary N) is 3. The number of H-pyrrole nitrogens is 2. The lowest BCUT2D eigenvalue weighted by Crippen LogP contribution is -2.37. The number of aryl methyl sites for hydroxylation is 1. The van der Waals surface area contributed by atoms with E-state index in [1.807, 2.05) is 6.92 Å². The van der Waals surface area contributed by atoms with Crippen molar-refractivity contribution in [3.63, 3.8) is 0 Å². The van der Waals surface area contributed by atoms with Gasteiger partial charge in [-0.2, -0.15) is 21.2 Å². The maximum Gasteiger partial charge on any atom is 0.273 e. The molecule has 2 aromatic rings.